The number of rotatable bonds is 6. The number of benzene rings is 1. The average molecular weight is 408 g/mol. The van der Waals surface area contributed by atoms with Gasteiger partial charge in [0.05, 0.1) is 24.0 Å². The zero-order chi connectivity index (χ0) is 20.9. The minimum absolute atomic E-state index is 0.0310. The van der Waals surface area contributed by atoms with Crippen LogP contribution in [0.1, 0.15) is 12.2 Å². The lowest BCUT2D eigenvalue weighted by Crippen LogP contribution is -2.48. The molecule has 8 heteroatoms. The van der Waals surface area contributed by atoms with Gasteiger partial charge >= 0.3 is 0 Å². The Kier molecular flexibility index (Phi) is 5.74. The first-order valence-electron chi connectivity index (χ1n) is 9.69. The van der Waals surface area contributed by atoms with Gasteiger partial charge in [0.25, 0.3) is 0 Å². The number of piperazine rings is 1. The molecule has 0 spiro atoms. The van der Waals surface area contributed by atoms with E-state index >= 15 is 0 Å². The van der Waals surface area contributed by atoms with Gasteiger partial charge in [-0.2, -0.15) is 0 Å². The van der Waals surface area contributed by atoms with E-state index in [9.17, 15) is 14.0 Å². The molecular weight excluding hydrogens is 387 g/mol. The van der Waals surface area contributed by atoms with Crippen molar-refractivity contribution in [2.24, 2.45) is 0 Å². The SMILES string of the molecule is O=C1CN(c2ccc(NC(=O)CCc3ccc(-c4ccccc4F)o3)cn2)CCN1. The number of pyridine rings is 1. The van der Waals surface area contributed by atoms with Crippen LogP contribution in [-0.4, -0.2) is 36.4 Å². The molecule has 1 aromatic carbocycles. The van der Waals surface area contributed by atoms with E-state index in [4.69, 9.17) is 4.42 Å². The summed E-state index contributed by atoms with van der Waals surface area (Å²) in [5, 5.41) is 5.57. The van der Waals surface area contributed by atoms with Crippen molar-refractivity contribution in [1.82, 2.24) is 10.3 Å². The van der Waals surface area contributed by atoms with Crippen molar-refractivity contribution in [2.45, 2.75) is 12.8 Å². The molecule has 1 aliphatic rings. The molecule has 2 aromatic heterocycles. The monoisotopic (exact) mass is 408 g/mol. The molecule has 0 bridgehead atoms. The molecule has 0 radical (unpaired) electrons. The maximum atomic E-state index is 13.9. The van der Waals surface area contributed by atoms with E-state index in [0.29, 0.717) is 48.1 Å². The Bertz CT molecular complexity index is 1050. The van der Waals surface area contributed by atoms with Crippen LogP contribution in [0.4, 0.5) is 15.9 Å². The van der Waals surface area contributed by atoms with Gasteiger partial charge in [0.15, 0.2) is 0 Å². The van der Waals surface area contributed by atoms with E-state index < -0.39 is 0 Å². The number of carbonyl (C=O) groups excluding carboxylic acids is 2. The Hall–Kier alpha value is -3.68. The third-order valence-corrected chi connectivity index (χ3v) is 4.79. The number of anilines is 2. The first-order chi connectivity index (χ1) is 14.6. The van der Waals surface area contributed by atoms with Gasteiger partial charge in [-0.15, -0.1) is 0 Å². The van der Waals surface area contributed by atoms with Crippen molar-refractivity contribution in [3.63, 3.8) is 0 Å². The first kappa shape index (κ1) is 19.6. The second kappa shape index (κ2) is 8.77. The molecule has 7 nitrogen and oxygen atoms in total. The van der Waals surface area contributed by atoms with Crippen LogP contribution in [0.15, 0.2) is 59.1 Å². The lowest BCUT2D eigenvalue weighted by Gasteiger charge is -2.27. The van der Waals surface area contributed by atoms with Gasteiger partial charge in [-0.05, 0) is 36.4 Å². The summed E-state index contributed by atoms with van der Waals surface area (Å²) in [7, 11) is 0. The second-order valence-electron chi connectivity index (χ2n) is 6.97. The highest BCUT2D eigenvalue weighted by molar-refractivity contribution is 5.90. The van der Waals surface area contributed by atoms with Crippen LogP contribution in [0.3, 0.4) is 0 Å². The summed E-state index contributed by atoms with van der Waals surface area (Å²) in [6.45, 7) is 1.56. The topological polar surface area (TPSA) is 87.5 Å². The highest BCUT2D eigenvalue weighted by atomic mass is 19.1. The van der Waals surface area contributed by atoms with Gasteiger partial charge in [-0.25, -0.2) is 9.37 Å². The van der Waals surface area contributed by atoms with Crippen LogP contribution in [-0.2, 0) is 16.0 Å². The second-order valence-corrected chi connectivity index (χ2v) is 6.97. The number of aryl methyl sites for hydroxylation is 1. The van der Waals surface area contributed by atoms with Crippen LogP contribution in [0.5, 0.6) is 0 Å². The third-order valence-electron chi connectivity index (χ3n) is 4.79. The number of hydrogen-bond donors (Lipinski definition) is 2. The Morgan fingerprint density at radius 1 is 1.20 bits per heavy atom. The first-order valence-corrected chi connectivity index (χ1v) is 9.69. The minimum atomic E-state index is -0.350. The molecule has 154 valence electrons. The zero-order valence-corrected chi connectivity index (χ0v) is 16.2. The van der Waals surface area contributed by atoms with Crippen LogP contribution in [0.2, 0.25) is 0 Å². The number of carbonyl (C=O) groups is 2. The number of amides is 2. The Morgan fingerprint density at radius 2 is 2.07 bits per heavy atom. The zero-order valence-electron chi connectivity index (χ0n) is 16.2. The smallest absolute Gasteiger partial charge is 0.239 e. The van der Waals surface area contributed by atoms with Gasteiger partial charge in [0, 0.05) is 25.9 Å². The van der Waals surface area contributed by atoms with E-state index in [1.807, 2.05) is 4.90 Å². The summed E-state index contributed by atoms with van der Waals surface area (Å²) in [5.74, 6) is 1.19. The quantitative estimate of drug-likeness (QED) is 0.655. The summed E-state index contributed by atoms with van der Waals surface area (Å²) < 4.78 is 19.5. The summed E-state index contributed by atoms with van der Waals surface area (Å²) >= 11 is 0. The van der Waals surface area contributed by atoms with Crippen molar-refractivity contribution in [1.29, 1.82) is 0 Å². The maximum Gasteiger partial charge on any atom is 0.239 e. The number of halogens is 1. The number of nitrogens with zero attached hydrogens (tertiary/aromatic N) is 2. The van der Waals surface area contributed by atoms with Crippen LogP contribution in [0.25, 0.3) is 11.3 Å². The molecule has 2 amide bonds. The largest absolute Gasteiger partial charge is 0.461 e. The maximum absolute atomic E-state index is 13.9. The van der Waals surface area contributed by atoms with Crippen LogP contribution >= 0.6 is 0 Å². The molecule has 4 rings (SSSR count). The molecule has 1 aliphatic heterocycles. The number of furan rings is 1. The van der Waals surface area contributed by atoms with Crippen molar-refractivity contribution in [3.8, 4) is 11.3 Å². The summed E-state index contributed by atoms with van der Waals surface area (Å²) in [6.07, 6.45) is 2.19. The summed E-state index contributed by atoms with van der Waals surface area (Å²) in [4.78, 5) is 29.9. The van der Waals surface area contributed by atoms with Crippen LogP contribution < -0.4 is 15.5 Å². The Labute approximate surface area is 172 Å². The highest BCUT2D eigenvalue weighted by Gasteiger charge is 2.17. The molecule has 0 saturated carbocycles. The van der Waals surface area contributed by atoms with Crippen molar-refractivity contribution in [3.05, 3.63) is 66.3 Å². The fourth-order valence-corrected chi connectivity index (χ4v) is 3.26. The lowest BCUT2D eigenvalue weighted by atomic mass is 10.1. The molecule has 1 saturated heterocycles. The molecule has 1 fully saturated rings. The fraction of sp³-hybridized carbons (Fsp3) is 0.227. The third kappa shape index (κ3) is 4.65. The average Bonchev–Trinajstić information content (AvgIpc) is 3.22. The predicted molar refractivity (Wildman–Crippen MR) is 111 cm³/mol. The van der Waals surface area contributed by atoms with Gasteiger partial charge < -0.3 is 20.0 Å². The molecule has 2 N–H and O–H groups in total. The summed E-state index contributed by atoms with van der Waals surface area (Å²) in [5.41, 5.74) is 0.974. The molecule has 0 unspecified atom stereocenters. The highest BCUT2D eigenvalue weighted by Crippen LogP contribution is 2.25. The molecule has 30 heavy (non-hydrogen) atoms. The standard InChI is InChI=1S/C22H21FN4O3/c23-18-4-2-1-3-17(18)19-8-6-16(30-19)7-10-21(28)26-15-5-9-20(25-13-15)27-12-11-24-22(29)14-27/h1-6,8-9,13H,7,10-12,14H2,(H,24,29)(H,26,28). The van der Waals surface area contributed by atoms with E-state index in [2.05, 4.69) is 15.6 Å². The number of nitrogens with one attached hydrogen (secondary N) is 2. The normalized spacial score (nSPS) is 13.8. The number of aromatic nitrogens is 1. The van der Waals surface area contributed by atoms with Crippen molar-refractivity contribution < 1.29 is 18.4 Å². The van der Waals surface area contributed by atoms with Gasteiger partial charge in [-0.1, -0.05) is 12.1 Å². The predicted octanol–water partition coefficient (Wildman–Crippen LogP) is 2.99. The molecule has 3 heterocycles. The fourth-order valence-electron chi connectivity index (χ4n) is 3.26. The Morgan fingerprint density at radius 3 is 2.83 bits per heavy atom. The van der Waals surface area contributed by atoms with Gasteiger partial charge in [0.2, 0.25) is 11.8 Å². The van der Waals surface area contributed by atoms with E-state index in [1.54, 1.807) is 48.7 Å². The van der Waals surface area contributed by atoms with E-state index in [0.717, 1.165) is 0 Å². The molecule has 3 aromatic rings. The Balaban J connectivity index is 1.30. The van der Waals surface area contributed by atoms with Crippen molar-refractivity contribution in [2.75, 3.05) is 29.9 Å². The van der Waals surface area contributed by atoms with Crippen LogP contribution in [0, 0.1) is 5.82 Å². The van der Waals surface area contributed by atoms with Crippen molar-refractivity contribution >= 4 is 23.3 Å². The van der Waals surface area contributed by atoms with Gasteiger partial charge in [-0.3, -0.25) is 9.59 Å². The molecule has 0 aliphatic carbocycles. The summed E-state index contributed by atoms with van der Waals surface area (Å²) in [6, 6.07) is 13.4. The van der Waals surface area contributed by atoms with Gasteiger partial charge in [0.1, 0.15) is 23.2 Å². The number of hydrogen-bond acceptors (Lipinski definition) is 5. The minimum Gasteiger partial charge on any atom is -0.461 e. The molecular formula is C22H21FN4O3. The molecule has 0 atom stereocenters. The lowest BCUT2D eigenvalue weighted by molar-refractivity contribution is -0.120. The van der Waals surface area contributed by atoms with E-state index in [-0.39, 0.29) is 30.6 Å². The van der Waals surface area contributed by atoms with E-state index in [1.165, 1.54) is 6.07 Å².